The first-order valence-electron chi connectivity index (χ1n) is 5.92. The molecule has 18 heavy (non-hydrogen) atoms. The molecule has 0 amide bonds. The minimum absolute atomic E-state index is 0.143. The van der Waals surface area contributed by atoms with Crippen molar-refractivity contribution in [2.24, 2.45) is 0 Å². The topological polar surface area (TPSA) is 86.2 Å². The van der Waals surface area contributed by atoms with Crippen molar-refractivity contribution in [3.8, 4) is 11.5 Å². The lowest BCUT2D eigenvalue weighted by Crippen LogP contribution is -2.55. The van der Waals surface area contributed by atoms with Crippen LogP contribution in [0.3, 0.4) is 0 Å². The number of methoxy groups -OCH3 is 1. The number of aliphatic carboxylic acids is 1. The van der Waals surface area contributed by atoms with Crippen LogP contribution in [0.25, 0.3) is 0 Å². The van der Waals surface area contributed by atoms with E-state index in [1.165, 1.54) is 0 Å². The smallest absolute Gasteiger partial charge is 0.170 e. The monoisotopic (exact) mass is 253 g/mol. The van der Waals surface area contributed by atoms with E-state index in [-0.39, 0.29) is 6.42 Å². The standard InChI is InChI=1S/C13H19NO4/c1-3-7-18-13-9(10(14)8-12(15)16)5-4-6-11(13)17-2/h4-6,10H,3,7-8,14H2,1-2H3,(H,15,16)/t10-/m0/s1. The normalized spacial score (nSPS) is 11.9. The number of carboxylic acids is 1. The fourth-order valence-electron chi connectivity index (χ4n) is 1.68. The molecule has 5 nitrogen and oxygen atoms in total. The maximum Gasteiger partial charge on any atom is 0.170 e. The zero-order chi connectivity index (χ0) is 13.5. The lowest BCUT2D eigenvalue weighted by molar-refractivity contribution is -0.430. The number of hydrogen-bond donors (Lipinski definition) is 1. The summed E-state index contributed by atoms with van der Waals surface area (Å²) in [5.74, 6) is 0.0373. The number of benzene rings is 1. The summed E-state index contributed by atoms with van der Waals surface area (Å²) in [6, 6.07) is 4.95. The Kier molecular flexibility index (Phi) is 5.45. The van der Waals surface area contributed by atoms with Crippen LogP contribution in [-0.2, 0) is 4.79 Å². The second-order valence-corrected chi connectivity index (χ2v) is 4.00. The lowest BCUT2D eigenvalue weighted by atomic mass is 10.0. The van der Waals surface area contributed by atoms with E-state index in [0.717, 1.165) is 12.0 Å². The Balaban J connectivity index is 3.04. The van der Waals surface area contributed by atoms with Crippen LogP contribution < -0.4 is 20.3 Å². The lowest BCUT2D eigenvalue weighted by Gasteiger charge is -2.17. The van der Waals surface area contributed by atoms with Gasteiger partial charge < -0.3 is 25.1 Å². The predicted octanol–water partition coefficient (Wildman–Crippen LogP) is -0.0930. The van der Waals surface area contributed by atoms with Gasteiger partial charge >= 0.3 is 0 Å². The Labute approximate surface area is 107 Å². The number of hydrogen-bond acceptors (Lipinski definition) is 4. The molecule has 0 aromatic heterocycles. The van der Waals surface area contributed by atoms with Gasteiger partial charge in [-0.25, -0.2) is 0 Å². The van der Waals surface area contributed by atoms with Crippen LogP contribution in [0.5, 0.6) is 11.5 Å². The Hall–Kier alpha value is -1.75. The summed E-state index contributed by atoms with van der Waals surface area (Å²) in [5.41, 5.74) is 4.56. The summed E-state index contributed by atoms with van der Waals surface area (Å²) < 4.78 is 10.9. The molecule has 3 N–H and O–H groups in total. The van der Waals surface area contributed by atoms with Crippen molar-refractivity contribution in [2.45, 2.75) is 25.8 Å². The van der Waals surface area contributed by atoms with E-state index in [1.54, 1.807) is 25.3 Å². The molecule has 0 spiro atoms. The van der Waals surface area contributed by atoms with Gasteiger partial charge in [0.05, 0.1) is 19.3 Å². The fraction of sp³-hybridized carbons (Fsp3) is 0.462. The second-order valence-electron chi connectivity index (χ2n) is 4.00. The van der Waals surface area contributed by atoms with Gasteiger partial charge in [0.2, 0.25) is 0 Å². The number of carboxylic acid groups (broad SMARTS) is 1. The molecule has 5 heteroatoms. The highest BCUT2D eigenvalue weighted by atomic mass is 16.5. The molecule has 0 radical (unpaired) electrons. The van der Waals surface area contributed by atoms with E-state index in [9.17, 15) is 9.90 Å². The zero-order valence-corrected chi connectivity index (χ0v) is 10.8. The van der Waals surface area contributed by atoms with Crippen LogP contribution in [0.2, 0.25) is 0 Å². The fourth-order valence-corrected chi connectivity index (χ4v) is 1.68. The van der Waals surface area contributed by atoms with Crippen molar-refractivity contribution in [1.29, 1.82) is 0 Å². The summed E-state index contributed by atoms with van der Waals surface area (Å²) in [7, 11) is 1.55. The van der Waals surface area contributed by atoms with Gasteiger partial charge in [-0.2, -0.15) is 0 Å². The largest absolute Gasteiger partial charge is 0.550 e. The van der Waals surface area contributed by atoms with Crippen LogP contribution >= 0.6 is 0 Å². The Morgan fingerprint density at radius 2 is 2.22 bits per heavy atom. The molecule has 0 unspecified atom stereocenters. The summed E-state index contributed by atoms with van der Waals surface area (Å²) in [6.07, 6.45) is 0.718. The highest BCUT2D eigenvalue weighted by Crippen LogP contribution is 2.34. The van der Waals surface area contributed by atoms with Crippen LogP contribution in [-0.4, -0.2) is 19.7 Å². The van der Waals surface area contributed by atoms with E-state index in [2.05, 4.69) is 5.73 Å². The summed E-state index contributed by atoms with van der Waals surface area (Å²) >= 11 is 0. The molecule has 0 saturated carbocycles. The second kappa shape index (κ2) is 6.86. The molecule has 0 bridgehead atoms. The Morgan fingerprint density at radius 1 is 1.50 bits per heavy atom. The third-order valence-electron chi connectivity index (χ3n) is 2.53. The number of para-hydroxylation sites is 1. The first-order valence-corrected chi connectivity index (χ1v) is 5.92. The Morgan fingerprint density at radius 3 is 2.78 bits per heavy atom. The van der Waals surface area contributed by atoms with Crippen LogP contribution in [0.15, 0.2) is 18.2 Å². The third-order valence-corrected chi connectivity index (χ3v) is 2.53. The molecule has 0 saturated heterocycles. The van der Waals surface area contributed by atoms with Gasteiger partial charge in [0.25, 0.3) is 0 Å². The van der Waals surface area contributed by atoms with Gasteiger partial charge in [0.1, 0.15) is 6.04 Å². The highest BCUT2D eigenvalue weighted by molar-refractivity contribution is 5.65. The van der Waals surface area contributed by atoms with E-state index in [0.29, 0.717) is 18.1 Å². The molecule has 1 aromatic carbocycles. The van der Waals surface area contributed by atoms with Crippen molar-refractivity contribution >= 4 is 5.97 Å². The van der Waals surface area contributed by atoms with Gasteiger partial charge in [-0.3, -0.25) is 0 Å². The predicted molar refractivity (Wildman–Crippen MR) is 64.0 cm³/mol. The third kappa shape index (κ3) is 3.63. The van der Waals surface area contributed by atoms with E-state index in [4.69, 9.17) is 9.47 Å². The average Bonchev–Trinajstić information content (AvgIpc) is 2.34. The molecule has 1 rings (SSSR count). The van der Waals surface area contributed by atoms with Gasteiger partial charge in [-0.1, -0.05) is 13.0 Å². The van der Waals surface area contributed by atoms with E-state index >= 15 is 0 Å². The van der Waals surface area contributed by atoms with Crippen molar-refractivity contribution < 1.29 is 25.1 Å². The molecule has 0 aliphatic rings. The van der Waals surface area contributed by atoms with Crippen LogP contribution in [0, 0.1) is 0 Å². The van der Waals surface area contributed by atoms with Crippen molar-refractivity contribution in [1.82, 2.24) is 0 Å². The van der Waals surface area contributed by atoms with Crippen molar-refractivity contribution in [3.05, 3.63) is 23.8 Å². The van der Waals surface area contributed by atoms with Gasteiger partial charge in [0.15, 0.2) is 11.5 Å². The molecular weight excluding hydrogens is 234 g/mol. The maximum absolute atomic E-state index is 10.6. The van der Waals surface area contributed by atoms with E-state index in [1.807, 2.05) is 6.92 Å². The summed E-state index contributed by atoms with van der Waals surface area (Å²) in [5, 5.41) is 10.6. The minimum Gasteiger partial charge on any atom is -0.550 e. The quantitative estimate of drug-likeness (QED) is 0.735. The Bertz CT molecular complexity index is 406. The van der Waals surface area contributed by atoms with Gasteiger partial charge in [-0.15, -0.1) is 0 Å². The van der Waals surface area contributed by atoms with Crippen molar-refractivity contribution in [3.63, 3.8) is 0 Å². The van der Waals surface area contributed by atoms with Gasteiger partial charge in [-0.05, 0) is 18.6 Å². The van der Waals surface area contributed by atoms with Crippen molar-refractivity contribution in [2.75, 3.05) is 13.7 Å². The van der Waals surface area contributed by atoms with Crippen LogP contribution in [0.4, 0.5) is 0 Å². The molecule has 0 aliphatic carbocycles. The molecule has 0 aliphatic heterocycles. The average molecular weight is 253 g/mol. The zero-order valence-electron chi connectivity index (χ0n) is 10.8. The number of carbonyl (C=O) groups is 1. The summed E-state index contributed by atoms with van der Waals surface area (Å²) in [6.45, 7) is 2.54. The molecule has 1 aromatic rings. The summed E-state index contributed by atoms with van der Waals surface area (Å²) in [4.78, 5) is 10.6. The number of rotatable bonds is 7. The SMILES string of the molecule is CCCOc1c(OC)cccc1[C@@H]([NH3+])CC(=O)[O-]. The molecule has 0 heterocycles. The number of carbonyl (C=O) groups excluding carboxylic acids is 1. The number of quaternary nitrogens is 1. The minimum atomic E-state index is -1.13. The molecular formula is C13H19NO4. The van der Waals surface area contributed by atoms with Crippen LogP contribution in [0.1, 0.15) is 31.4 Å². The first-order chi connectivity index (χ1) is 8.60. The molecule has 100 valence electrons. The maximum atomic E-state index is 10.6. The number of ether oxygens (including phenoxy) is 2. The van der Waals surface area contributed by atoms with E-state index < -0.39 is 12.0 Å². The molecule has 1 atom stereocenters. The first kappa shape index (κ1) is 14.3. The molecule has 0 fully saturated rings. The highest BCUT2D eigenvalue weighted by Gasteiger charge is 2.19. The van der Waals surface area contributed by atoms with Gasteiger partial charge in [0, 0.05) is 12.4 Å².